The van der Waals surface area contributed by atoms with E-state index in [1.165, 1.54) is 11.1 Å². The Kier molecular flexibility index (Phi) is 4.43. The van der Waals surface area contributed by atoms with Gasteiger partial charge < -0.3 is 4.74 Å². The van der Waals surface area contributed by atoms with Crippen LogP contribution in [0.15, 0.2) is 18.2 Å². The lowest BCUT2D eigenvalue weighted by Gasteiger charge is -2.08. The van der Waals surface area contributed by atoms with E-state index in [4.69, 9.17) is 10.6 Å². The number of aryl methyl sites for hydroxylation is 2. The maximum atomic E-state index is 5.53. The average molecular weight is 194 g/mol. The highest BCUT2D eigenvalue weighted by molar-refractivity contribution is 5.33. The van der Waals surface area contributed by atoms with Crippen molar-refractivity contribution in [2.24, 2.45) is 5.84 Å². The Bertz CT molecular complexity index is 287. The molecule has 0 spiro atoms. The molecule has 1 aromatic carbocycles. The fourth-order valence-electron chi connectivity index (χ4n) is 1.34. The van der Waals surface area contributed by atoms with E-state index in [-0.39, 0.29) is 0 Å². The summed E-state index contributed by atoms with van der Waals surface area (Å²) < 4.78 is 5.53. The minimum atomic E-state index is 0.600. The van der Waals surface area contributed by atoms with Crippen molar-refractivity contribution in [2.45, 2.75) is 20.3 Å². The smallest absolute Gasteiger partial charge is 0.119 e. The van der Waals surface area contributed by atoms with Crippen molar-refractivity contribution < 1.29 is 4.74 Å². The number of nitrogens with two attached hydrogens (primary N) is 1. The van der Waals surface area contributed by atoms with Gasteiger partial charge in [0, 0.05) is 6.54 Å². The van der Waals surface area contributed by atoms with Crippen LogP contribution in [-0.4, -0.2) is 13.2 Å². The summed E-state index contributed by atoms with van der Waals surface area (Å²) in [6, 6.07) is 6.28. The zero-order valence-electron chi connectivity index (χ0n) is 8.84. The van der Waals surface area contributed by atoms with E-state index >= 15 is 0 Å². The molecule has 3 nitrogen and oxygen atoms in total. The molecule has 0 saturated carbocycles. The zero-order chi connectivity index (χ0) is 10.4. The van der Waals surface area contributed by atoms with Gasteiger partial charge in [-0.3, -0.25) is 11.3 Å². The molecule has 1 aromatic rings. The normalized spacial score (nSPS) is 10.2. The van der Waals surface area contributed by atoms with E-state index in [0.717, 1.165) is 12.2 Å². The van der Waals surface area contributed by atoms with Gasteiger partial charge >= 0.3 is 0 Å². The molecule has 3 N–H and O–H groups in total. The SMILES string of the molecule is CCc1cc(C)cc(OCCNN)c1. The largest absolute Gasteiger partial charge is 0.492 e. The molecule has 0 amide bonds. The van der Waals surface area contributed by atoms with Crippen LogP contribution in [0.25, 0.3) is 0 Å². The van der Waals surface area contributed by atoms with Crippen LogP contribution in [0.1, 0.15) is 18.1 Å². The van der Waals surface area contributed by atoms with E-state index in [9.17, 15) is 0 Å². The quantitative estimate of drug-likeness (QED) is 0.423. The number of hydrogen-bond acceptors (Lipinski definition) is 3. The Morgan fingerprint density at radius 1 is 1.36 bits per heavy atom. The van der Waals surface area contributed by atoms with Crippen LogP contribution >= 0.6 is 0 Å². The molecule has 0 heterocycles. The van der Waals surface area contributed by atoms with Gasteiger partial charge in [-0.1, -0.05) is 13.0 Å². The summed E-state index contributed by atoms with van der Waals surface area (Å²) in [5.41, 5.74) is 5.10. The third-order valence-electron chi connectivity index (χ3n) is 2.03. The van der Waals surface area contributed by atoms with Gasteiger partial charge in [-0.2, -0.15) is 0 Å². The Morgan fingerprint density at radius 3 is 2.79 bits per heavy atom. The first-order chi connectivity index (χ1) is 6.76. The Morgan fingerprint density at radius 2 is 2.14 bits per heavy atom. The lowest BCUT2D eigenvalue weighted by molar-refractivity contribution is 0.314. The topological polar surface area (TPSA) is 47.3 Å². The molecule has 0 atom stereocenters. The summed E-state index contributed by atoms with van der Waals surface area (Å²) in [6.07, 6.45) is 1.03. The Hall–Kier alpha value is -1.06. The first-order valence-corrected chi connectivity index (χ1v) is 4.93. The van der Waals surface area contributed by atoms with E-state index in [2.05, 4.69) is 31.4 Å². The van der Waals surface area contributed by atoms with Crippen molar-refractivity contribution in [3.63, 3.8) is 0 Å². The number of hydrogen-bond donors (Lipinski definition) is 2. The molecule has 0 aliphatic rings. The van der Waals surface area contributed by atoms with Crippen molar-refractivity contribution in [3.05, 3.63) is 29.3 Å². The molecule has 0 aliphatic heterocycles. The van der Waals surface area contributed by atoms with Crippen LogP contribution in [0.4, 0.5) is 0 Å². The van der Waals surface area contributed by atoms with Crippen molar-refractivity contribution in [2.75, 3.05) is 13.2 Å². The van der Waals surface area contributed by atoms with Crippen molar-refractivity contribution >= 4 is 0 Å². The molecule has 3 heteroatoms. The van der Waals surface area contributed by atoms with Crippen LogP contribution < -0.4 is 16.0 Å². The van der Waals surface area contributed by atoms with Crippen LogP contribution in [0, 0.1) is 6.92 Å². The maximum Gasteiger partial charge on any atom is 0.119 e. The Balaban J connectivity index is 2.62. The van der Waals surface area contributed by atoms with Gasteiger partial charge in [0.2, 0.25) is 0 Å². The van der Waals surface area contributed by atoms with E-state index < -0.39 is 0 Å². The summed E-state index contributed by atoms with van der Waals surface area (Å²) in [4.78, 5) is 0. The Labute approximate surface area is 85.2 Å². The predicted octanol–water partition coefficient (Wildman–Crippen LogP) is 1.40. The van der Waals surface area contributed by atoms with Gasteiger partial charge in [0.05, 0.1) is 0 Å². The third kappa shape index (κ3) is 3.36. The molecule has 0 bridgehead atoms. The molecule has 0 fully saturated rings. The molecule has 0 radical (unpaired) electrons. The van der Waals surface area contributed by atoms with Crippen molar-refractivity contribution in [1.82, 2.24) is 5.43 Å². The fraction of sp³-hybridized carbons (Fsp3) is 0.455. The van der Waals surface area contributed by atoms with E-state index in [1.54, 1.807) is 0 Å². The van der Waals surface area contributed by atoms with Gasteiger partial charge in [-0.05, 0) is 36.6 Å². The highest BCUT2D eigenvalue weighted by Crippen LogP contribution is 2.16. The van der Waals surface area contributed by atoms with Gasteiger partial charge in [0.25, 0.3) is 0 Å². The first kappa shape index (κ1) is 11.0. The molecule has 78 valence electrons. The highest BCUT2D eigenvalue weighted by atomic mass is 16.5. The maximum absolute atomic E-state index is 5.53. The van der Waals surface area contributed by atoms with Crippen LogP contribution in [0.2, 0.25) is 0 Å². The molecule has 1 rings (SSSR count). The number of ether oxygens (including phenoxy) is 1. The van der Waals surface area contributed by atoms with E-state index in [0.29, 0.717) is 13.2 Å². The second kappa shape index (κ2) is 5.62. The molecular formula is C11H18N2O. The van der Waals surface area contributed by atoms with Crippen molar-refractivity contribution in [1.29, 1.82) is 0 Å². The standard InChI is InChI=1S/C11H18N2O/c1-3-10-6-9(2)7-11(8-10)14-5-4-13-12/h6-8,13H,3-5,12H2,1-2H3. The highest BCUT2D eigenvalue weighted by Gasteiger charge is 1.97. The number of hydrazine groups is 1. The average Bonchev–Trinajstić information content (AvgIpc) is 2.17. The molecule has 14 heavy (non-hydrogen) atoms. The van der Waals surface area contributed by atoms with Gasteiger partial charge in [-0.15, -0.1) is 0 Å². The minimum Gasteiger partial charge on any atom is -0.492 e. The lowest BCUT2D eigenvalue weighted by Crippen LogP contribution is -2.27. The molecule has 0 saturated heterocycles. The number of benzene rings is 1. The summed E-state index contributed by atoms with van der Waals surface area (Å²) in [6.45, 7) is 5.48. The molecular weight excluding hydrogens is 176 g/mol. The fourth-order valence-corrected chi connectivity index (χ4v) is 1.34. The molecule has 0 aliphatic carbocycles. The van der Waals surface area contributed by atoms with Gasteiger partial charge in [0.15, 0.2) is 0 Å². The second-order valence-electron chi connectivity index (χ2n) is 3.31. The third-order valence-corrected chi connectivity index (χ3v) is 2.03. The van der Waals surface area contributed by atoms with Gasteiger partial charge in [0.1, 0.15) is 12.4 Å². The van der Waals surface area contributed by atoms with Crippen LogP contribution in [-0.2, 0) is 6.42 Å². The lowest BCUT2D eigenvalue weighted by atomic mass is 10.1. The zero-order valence-corrected chi connectivity index (χ0v) is 8.84. The number of nitrogens with one attached hydrogen (secondary N) is 1. The summed E-state index contributed by atoms with van der Waals surface area (Å²) >= 11 is 0. The first-order valence-electron chi connectivity index (χ1n) is 4.93. The van der Waals surface area contributed by atoms with E-state index in [1.807, 2.05) is 6.07 Å². The van der Waals surface area contributed by atoms with Crippen LogP contribution in [0.3, 0.4) is 0 Å². The molecule has 0 unspecified atom stereocenters. The number of rotatable bonds is 5. The van der Waals surface area contributed by atoms with Crippen LogP contribution in [0.5, 0.6) is 5.75 Å². The summed E-state index contributed by atoms with van der Waals surface area (Å²) in [5.74, 6) is 6.08. The van der Waals surface area contributed by atoms with Crippen molar-refractivity contribution in [3.8, 4) is 5.75 Å². The summed E-state index contributed by atoms with van der Waals surface area (Å²) in [5, 5.41) is 0. The predicted molar refractivity (Wildman–Crippen MR) is 58.2 cm³/mol. The molecule has 0 aromatic heterocycles. The van der Waals surface area contributed by atoms with Gasteiger partial charge in [-0.25, -0.2) is 0 Å². The minimum absolute atomic E-state index is 0.600. The monoisotopic (exact) mass is 194 g/mol. The second-order valence-corrected chi connectivity index (χ2v) is 3.31. The summed E-state index contributed by atoms with van der Waals surface area (Å²) in [7, 11) is 0.